The molecule has 136 valence electrons. The van der Waals surface area contributed by atoms with Crippen molar-refractivity contribution in [1.82, 2.24) is 15.1 Å². The van der Waals surface area contributed by atoms with Crippen LogP contribution < -0.4 is 5.32 Å². The van der Waals surface area contributed by atoms with Crippen molar-refractivity contribution in [3.05, 3.63) is 84.2 Å². The molecule has 0 fully saturated rings. The van der Waals surface area contributed by atoms with E-state index in [4.69, 9.17) is 0 Å². The fraction of sp³-hybridized carbons (Fsp3) is 0.318. The molecule has 3 rings (SSSR count). The molecule has 3 aromatic rings. The Balaban J connectivity index is 1.63. The van der Waals surface area contributed by atoms with Crippen LogP contribution >= 0.6 is 0 Å². The molecule has 26 heavy (non-hydrogen) atoms. The summed E-state index contributed by atoms with van der Waals surface area (Å²) in [7, 11) is 0. The predicted molar refractivity (Wildman–Crippen MR) is 105 cm³/mol. The summed E-state index contributed by atoms with van der Waals surface area (Å²) in [5, 5.41) is 17.6. The average molecular weight is 349 g/mol. The van der Waals surface area contributed by atoms with Crippen molar-refractivity contribution < 1.29 is 5.11 Å². The van der Waals surface area contributed by atoms with Crippen molar-refractivity contribution in [2.45, 2.75) is 26.3 Å². The fourth-order valence-corrected chi connectivity index (χ4v) is 3.19. The zero-order valence-electron chi connectivity index (χ0n) is 15.5. The Hall–Kier alpha value is -2.43. The molecule has 1 atom stereocenters. The summed E-state index contributed by atoms with van der Waals surface area (Å²) in [6.45, 7) is 6.01. The van der Waals surface area contributed by atoms with Gasteiger partial charge in [0.25, 0.3) is 0 Å². The average Bonchev–Trinajstić information content (AvgIpc) is 3.21. The fourth-order valence-electron chi connectivity index (χ4n) is 3.19. The maximum absolute atomic E-state index is 9.83. The van der Waals surface area contributed by atoms with Gasteiger partial charge in [0, 0.05) is 38.0 Å². The molecule has 0 aliphatic heterocycles. The van der Waals surface area contributed by atoms with E-state index in [0.717, 1.165) is 18.8 Å². The molecule has 0 spiro atoms. The molecule has 1 aromatic heterocycles. The summed E-state index contributed by atoms with van der Waals surface area (Å²) in [6.07, 6.45) is 3.72. The van der Waals surface area contributed by atoms with Gasteiger partial charge >= 0.3 is 0 Å². The van der Waals surface area contributed by atoms with Crippen molar-refractivity contribution in [3.63, 3.8) is 0 Å². The molecule has 0 amide bonds. The number of nitrogens with zero attached hydrogens (tertiary/aromatic N) is 2. The summed E-state index contributed by atoms with van der Waals surface area (Å²) in [5.41, 5.74) is 3.36. The zero-order valence-corrected chi connectivity index (χ0v) is 15.5. The summed E-state index contributed by atoms with van der Waals surface area (Å²) >= 11 is 0. The maximum atomic E-state index is 9.83. The largest absolute Gasteiger partial charge is 0.396 e. The van der Waals surface area contributed by atoms with Gasteiger partial charge < -0.3 is 10.4 Å². The molecule has 0 aliphatic rings. The first-order valence-electron chi connectivity index (χ1n) is 9.05. The van der Waals surface area contributed by atoms with Crippen molar-refractivity contribution in [3.8, 4) is 5.69 Å². The lowest BCUT2D eigenvalue weighted by molar-refractivity contribution is 0.129. The van der Waals surface area contributed by atoms with Gasteiger partial charge in [-0.25, -0.2) is 4.68 Å². The quantitative estimate of drug-likeness (QED) is 0.651. The summed E-state index contributed by atoms with van der Waals surface area (Å²) in [5.74, 6) is 0.247. The Bertz CT molecular complexity index is 780. The predicted octanol–water partition coefficient (Wildman–Crippen LogP) is 3.76. The first-order chi connectivity index (χ1) is 12.6. The molecule has 4 nitrogen and oxygen atoms in total. The van der Waals surface area contributed by atoms with Crippen LogP contribution in [0.25, 0.3) is 5.69 Å². The number of aromatic nitrogens is 2. The second kappa shape index (κ2) is 8.30. The van der Waals surface area contributed by atoms with Crippen LogP contribution in [0.4, 0.5) is 0 Å². The molecule has 2 N–H and O–H groups in total. The number of aliphatic hydroxyl groups is 1. The van der Waals surface area contributed by atoms with Gasteiger partial charge in [-0.15, -0.1) is 0 Å². The summed E-state index contributed by atoms with van der Waals surface area (Å²) in [6, 6.07) is 20.8. The highest BCUT2D eigenvalue weighted by Crippen LogP contribution is 2.34. The van der Waals surface area contributed by atoms with E-state index in [1.54, 1.807) is 6.20 Å². The van der Waals surface area contributed by atoms with Crippen LogP contribution in [0.15, 0.2) is 73.1 Å². The summed E-state index contributed by atoms with van der Waals surface area (Å²) < 4.78 is 1.85. The van der Waals surface area contributed by atoms with E-state index in [9.17, 15) is 5.11 Å². The molecular weight excluding hydrogens is 322 g/mol. The molecule has 1 unspecified atom stereocenters. The van der Waals surface area contributed by atoms with E-state index < -0.39 is 0 Å². The molecule has 0 aliphatic carbocycles. The normalized spacial score (nSPS) is 12.9. The summed E-state index contributed by atoms with van der Waals surface area (Å²) in [4.78, 5) is 0. The van der Waals surface area contributed by atoms with E-state index in [2.05, 4.69) is 72.8 Å². The van der Waals surface area contributed by atoms with Gasteiger partial charge in [0.1, 0.15) is 0 Å². The molecule has 4 heteroatoms. The first kappa shape index (κ1) is 18.4. The third-order valence-corrected chi connectivity index (χ3v) is 4.94. The Kier molecular flexibility index (Phi) is 5.86. The van der Waals surface area contributed by atoms with Gasteiger partial charge in [-0.3, -0.25) is 0 Å². The van der Waals surface area contributed by atoms with Crippen LogP contribution in [-0.2, 0) is 6.54 Å². The first-order valence-corrected chi connectivity index (χ1v) is 9.05. The van der Waals surface area contributed by atoms with Crippen LogP contribution in [0.1, 0.15) is 30.9 Å². The molecule has 0 saturated carbocycles. The zero-order chi connectivity index (χ0) is 18.4. The van der Waals surface area contributed by atoms with E-state index in [-0.39, 0.29) is 17.9 Å². The Labute approximate surface area is 155 Å². The standard InChI is InChI=1S/C22H27N3O/c1-22(2,17-26)21(19-7-4-3-5-8-19)16-23-15-18-9-11-20(12-10-18)25-14-6-13-24-25/h3-14,21,23,26H,15-17H2,1-2H3. The van der Waals surface area contributed by atoms with Crippen LogP contribution in [0, 0.1) is 5.41 Å². The second-order valence-corrected chi connectivity index (χ2v) is 7.36. The molecule has 0 saturated heterocycles. The lowest BCUT2D eigenvalue weighted by atomic mass is 9.75. The number of rotatable bonds is 8. The van der Waals surface area contributed by atoms with Crippen LogP contribution in [0.3, 0.4) is 0 Å². The minimum atomic E-state index is -0.182. The number of hydrogen-bond donors (Lipinski definition) is 2. The second-order valence-electron chi connectivity index (χ2n) is 7.36. The SMILES string of the molecule is CC(C)(CO)C(CNCc1ccc(-n2cccn2)cc1)c1ccccc1. The molecule has 1 heterocycles. The highest BCUT2D eigenvalue weighted by atomic mass is 16.3. The van der Waals surface area contributed by atoms with Gasteiger partial charge in [-0.2, -0.15) is 5.10 Å². The third kappa shape index (κ3) is 4.40. The maximum Gasteiger partial charge on any atom is 0.0645 e. The van der Waals surface area contributed by atoms with Gasteiger partial charge in [-0.1, -0.05) is 56.3 Å². The monoisotopic (exact) mass is 349 g/mol. The lowest BCUT2D eigenvalue weighted by Crippen LogP contribution is -2.34. The van der Waals surface area contributed by atoms with Crippen molar-refractivity contribution in [2.24, 2.45) is 5.41 Å². The molecule has 0 radical (unpaired) electrons. The number of hydrogen-bond acceptors (Lipinski definition) is 3. The van der Waals surface area contributed by atoms with Gasteiger partial charge in [-0.05, 0) is 34.7 Å². The number of nitrogens with one attached hydrogen (secondary N) is 1. The lowest BCUT2D eigenvalue weighted by Gasteiger charge is -2.33. The van der Waals surface area contributed by atoms with Crippen LogP contribution in [0.2, 0.25) is 0 Å². The van der Waals surface area contributed by atoms with E-state index in [1.807, 2.05) is 23.0 Å². The van der Waals surface area contributed by atoms with Crippen molar-refractivity contribution in [1.29, 1.82) is 0 Å². The van der Waals surface area contributed by atoms with E-state index in [1.165, 1.54) is 11.1 Å². The van der Waals surface area contributed by atoms with Gasteiger partial charge in [0.05, 0.1) is 5.69 Å². The van der Waals surface area contributed by atoms with Crippen molar-refractivity contribution >= 4 is 0 Å². The van der Waals surface area contributed by atoms with Crippen LogP contribution in [-0.4, -0.2) is 28.0 Å². The number of benzene rings is 2. The minimum Gasteiger partial charge on any atom is -0.396 e. The van der Waals surface area contributed by atoms with Crippen molar-refractivity contribution in [2.75, 3.05) is 13.2 Å². The van der Waals surface area contributed by atoms with Gasteiger partial charge in [0.2, 0.25) is 0 Å². The highest BCUT2D eigenvalue weighted by molar-refractivity contribution is 5.33. The van der Waals surface area contributed by atoms with E-state index >= 15 is 0 Å². The minimum absolute atomic E-state index is 0.160. The highest BCUT2D eigenvalue weighted by Gasteiger charge is 2.29. The molecule has 2 aromatic carbocycles. The molecular formula is C22H27N3O. The topological polar surface area (TPSA) is 50.1 Å². The number of aliphatic hydroxyl groups excluding tert-OH is 1. The Morgan fingerprint density at radius 2 is 1.77 bits per heavy atom. The van der Waals surface area contributed by atoms with Gasteiger partial charge in [0.15, 0.2) is 0 Å². The molecule has 0 bridgehead atoms. The Morgan fingerprint density at radius 1 is 1.04 bits per heavy atom. The smallest absolute Gasteiger partial charge is 0.0645 e. The van der Waals surface area contributed by atoms with Crippen LogP contribution in [0.5, 0.6) is 0 Å². The Morgan fingerprint density at radius 3 is 2.38 bits per heavy atom. The third-order valence-electron chi connectivity index (χ3n) is 4.94. The van der Waals surface area contributed by atoms with E-state index in [0.29, 0.717) is 0 Å².